The van der Waals surface area contributed by atoms with Crippen LogP contribution < -0.4 is 15.4 Å². The highest BCUT2D eigenvalue weighted by Crippen LogP contribution is 2.14. The number of methoxy groups -OCH3 is 1. The normalized spacial score (nSPS) is 12.5. The molecule has 152 valence electrons. The van der Waals surface area contributed by atoms with Crippen molar-refractivity contribution in [3.8, 4) is 5.75 Å². The SMILES string of the molecule is CN=C(NCc1cccc(OCCCOC)c1)NCC(CO)c1ccccc1. The first kappa shape index (κ1) is 21.7. The topological polar surface area (TPSA) is 75.1 Å². The second kappa shape index (κ2) is 12.8. The zero-order valence-corrected chi connectivity index (χ0v) is 16.7. The summed E-state index contributed by atoms with van der Waals surface area (Å²) in [6.07, 6.45) is 0.864. The first-order valence-electron chi connectivity index (χ1n) is 9.57. The molecule has 0 heterocycles. The minimum Gasteiger partial charge on any atom is -0.493 e. The summed E-state index contributed by atoms with van der Waals surface area (Å²) in [7, 11) is 3.43. The average Bonchev–Trinajstić information content (AvgIpc) is 2.75. The van der Waals surface area contributed by atoms with Gasteiger partial charge in [-0.05, 0) is 23.3 Å². The lowest BCUT2D eigenvalue weighted by Gasteiger charge is -2.18. The maximum absolute atomic E-state index is 9.69. The largest absolute Gasteiger partial charge is 0.493 e. The molecule has 0 saturated heterocycles. The molecule has 28 heavy (non-hydrogen) atoms. The Morgan fingerprint density at radius 1 is 1.07 bits per heavy atom. The molecule has 2 aromatic rings. The molecule has 0 fully saturated rings. The van der Waals surface area contributed by atoms with Crippen molar-refractivity contribution in [2.24, 2.45) is 4.99 Å². The van der Waals surface area contributed by atoms with Crippen molar-refractivity contribution in [1.29, 1.82) is 0 Å². The van der Waals surface area contributed by atoms with Crippen LogP contribution in [0.2, 0.25) is 0 Å². The number of nitrogens with zero attached hydrogens (tertiary/aromatic N) is 1. The average molecular weight is 386 g/mol. The third kappa shape index (κ3) is 7.58. The van der Waals surface area contributed by atoms with Gasteiger partial charge >= 0.3 is 0 Å². The Morgan fingerprint density at radius 3 is 2.61 bits per heavy atom. The van der Waals surface area contributed by atoms with Gasteiger partial charge in [0.05, 0.1) is 13.2 Å². The maximum atomic E-state index is 9.69. The Hall–Kier alpha value is -2.57. The molecule has 0 aliphatic heterocycles. The first-order valence-corrected chi connectivity index (χ1v) is 9.57. The monoisotopic (exact) mass is 385 g/mol. The van der Waals surface area contributed by atoms with Crippen LogP contribution >= 0.6 is 0 Å². The number of aliphatic hydroxyl groups is 1. The Morgan fingerprint density at radius 2 is 1.89 bits per heavy atom. The molecule has 2 aromatic carbocycles. The molecular weight excluding hydrogens is 354 g/mol. The number of hydrogen-bond acceptors (Lipinski definition) is 4. The van der Waals surface area contributed by atoms with Crippen LogP contribution in [0.1, 0.15) is 23.5 Å². The van der Waals surface area contributed by atoms with Gasteiger partial charge in [0.2, 0.25) is 0 Å². The van der Waals surface area contributed by atoms with Gasteiger partial charge in [-0.15, -0.1) is 0 Å². The predicted octanol–water partition coefficient (Wildman–Crippen LogP) is 2.54. The highest BCUT2D eigenvalue weighted by molar-refractivity contribution is 5.79. The molecule has 0 bridgehead atoms. The van der Waals surface area contributed by atoms with Crippen LogP contribution in [0.3, 0.4) is 0 Å². The zero-order valence-electron chi connectivity index (χ0n) is 16.7. The quantitative estimate of drug-likeness (QED) is 0.315. The Bertz CT molecular complexity index is 707. The molecule has 1 unspecified atom stereocenters. The van der Waals surface area contributed by atoms with Crippen LogP contribution in [0, 0.1) is 0 Å². The lowest BCUT2D eigenvalue weighted by molar-refractivity contribution is 0.172. The van der Waals surface area contributed by atoms with E-state index in [0.717, 1.165) is 23.3 Å². The van der Waals surface area contributed by atoms with Crippen LogP contribution in [0.5, 0.6) is 5.75 Å². The van der Waals surface area contributed by atoms with Gasteiger partial charge in [-0.25, -0.2) is 0 Å². The van der Waals surface area contributed by atoms with Crippen molar-refractivity contribution in [2.75, 3.05) is 40.5 Å². The Kier molecular flexibility index (Phi) is 9.89. The maximum Gasteiger partial charge on any atom is 0.191 e. The second-order valence-corrected chi connectivity index (χ2v) is 6.44. The van der Waals surface area contributed by atoms with E-state index < -0.39 is 0 Å². The van der Waals surface area contributed by atoms with E-state index in [1.165, 1.54) is 0 Å². The molecule has 0 aliphatic carbocycles. The summed E-state index contributed by atoms with van der Waals surface area (Å²) in [6.45, 7) is 2.64. The minimum absolute atomic E-state index is 0.0172. The smallest absolute Gasteiger partial charge is 0.191 e. The summed E-state index contributed by atoms with van der Waals surface area (Å²) in [5, 5.41) is 16.3. The van der Waals surface area contributed by atoms with Gasteiger partial charge in [-0.3, -0.25) is 4.99 Å². The van der Waals surface area contributed by atoms with Crippen LogP contribution in [0.15, 0.2) is 59.6 Å². The molecule has 2 rings (SSSR count). The van der Waals surface area contributed by atoms with Crippen LogP contribution in [0.4, 0.5) is 0 Å². The fourth-order valence-corrected chi connectivity index (χ4v) is 2.78. The highest BCUT2D eigenvalue weighted by atomic mass is 16.5. The molecule has 0 spiro atoms. The number of rotatable bonds is 11. The standard InChI is InChI=1S/C22H31N3O3/c1-23-22(25-16-20(17-26)19-9-4-3-5-10-19)24-15-18-8-6-11-21(14-18)28-13-7-12-27-2/h3-6,8-11,14,20,26H,7,12-13,15-17H2,1-2H3,(H2,23,24,25). The molecule has 0 radical (unpaired) electrons. The van der Waals surface area contributed by atoms with Crippen molar-refractivity contribution in [3.63, 3.8) is 0 Å². The van der Waals surface area contributed by atoms with Gasteiger partial charge in [0.15, 0.2) is 5.96 Å². The summed E-state index contributed by atoms with van der Waals surface area (Å²) in [6, 6.07) is 18.0. The minimum atomic E-state index is 0.0172. The van der Waals surface area contributed by atoms with Crippen molar-refractivity contribution in [2.45, 2.75) is 18.9 Å². The van der Waals surface area contributed by atoms with Gasteiger partial charge in [0.25, 0.3) is 0 Å². The summed E-state index contributed by atoms with van der Waals surface area (Å²) in [5.74, 6) is 1.56. The zero-order chi connectivity index (χ0) is 20.0. The third-order valence-corrected chi connectivity index (χ3v) is 4.35. The molecular formula is C22H31N3O3. The van der Waals surface area contributed by atoms with E-state index in [2.05, 4.69) is 15.6 Å². The van der Waals surface area contributed by atoms with Crippen molar-refractivity contribution in [3.05, 3.63) is 65.7 Å². The molecule has 0 aromatic heterocycles. The molecule has 6 nitrogen and oxygen atoms in total. The molecule has 0 amide bonds. The number of aliphatic hydroxyl groups excluding tert-OH is 1. The number of guanidine groups is 1. The van der Waals surface area contributed by atoms with Gasteiger partial charge in [0.1, 0.15) is 5.75 Å². The number of hydrogen-bond donors (Lipinski definition) is 3. The molecule has 6 heteroatoms. The molecule has 0 aliphatic rings. The molecule has 1 atom stereocenters. The van der Waals surface area contributed by atoms with Gasteiger partial charge in [-0.2, -0.15) is 0 Å². The summed E-state index contributed by atoms with van der Waals surface area (Å²) in [5.41, 5.74) is 2.21. The van der Waals surface area contributed by atoms with Crippen LogP contribution in [0.25, 0.3) is 0 Å². The fraction of sp³-hybridized carbons (Fsp3) is 0.409. The number of aliphatic imine (C=N–C) groups is 1. The van der Waals surface area contributed by atoms with Gasteiger partial charge in [-0.1, -0.05) is 42.5 Å². The third-order valence-electron chi connectivity index (χ3n) is 4.35. The number of ether oxygens (including phenoxy) is 2. The summed E-state index contributed by atoms with van der Waals surface area (Å²) in [4.78, 5) is 4.26. The van der Waals surface area contributed by atoms with Gasteiger partial charge < -0.3 is 25.2 Å². The van der Waals surface area contributed by atoms with Crippen LogP contribution in [-0.2, 0) is 11.3 Å². The van der Waals surface area contributed by atoms with E-state index in [1.54, 1.807) is 14.2 Å². The van der Waals surface area contributed by atoms with E-state index in [9.17, 15) is 5.11 Å². The summed E-state index contributed by atoms with van der Waals surface area (Å²) >= 11 is 0. The Balaban J connectivity index is 1.81. The highest BCUT2D eigenvalue weighted by Gasteiger charge is 2.10. The van der Waals surface area contributed by atoms with E-state index in [0.29, 0.717) is 32.3 Å². The van der Waals surface area contributed by atoms with E-state index in [1.807, 2.05) is 54.6 Å². The van der Waals surface area contributed by atoms with E-state index >= 15 is 0 Å². The van der Waals surface area contributed by atoms with Crippen molar-refractivity contribution >= 4 is 5.96 Å². The Labute approximate surface area is 167 Å². The predicted molar refractivity (Wildman–Crippen MR) is 113 cm³/mol. The fourth-order valence-electron chi connectivity index (χ4n) is 2.78. The second-order valence-electron chi connectivity index (χ2n) is 6.44. The van der Waals surface area contributed by atoms with Crippen molar-refractivity contribution < 1.29 is 14.6 Å². The molecule has 3 N–H and O–H groups in total. The summed E-state index contributed by atoms with van der Waals surface area (Å²) < 4.78 is 10.8. The van der Waals surface area contributed by atoms with Gasteiger partial charge in [0, 0.05) is 46.2 Å². The number of nitrogens with one attached hydrogen (secondary N) is 2. The van der Waals surface area contributed by atoms with E-state index in [-0.39, 0.29) is 12.5 Å². The number of benzene rings is 2. The van der Waals surface area contributed by atoms with Crippen LogP contribution in [-0.4, -0.2) is 51.6 Å². The van der Waals surface area contributed by atoms with E-state index in [4.69, 9.17) is 9.47 Å². The first-order chi connectivity index (χ1) is 13.8. The van der Waals surface area contributed by atoms with Crippen molar-refractivity contribution in [1.82, 2.24) is 10.6 Å². The lowest BCUT2D eigenvalue weighted by atomic mass is 10.0. The molecule has 0 saturated carbocycles. The lowest BCUT2D eigenvalue weighted by Crippen LogP contribution is -2.39.